The molecule has 1 aliphatic heterocycles. The Hall–Kier alpha value is -2.83. The number of hydrogen-bond acceptors (Lipinski definition) is 5. The highest BCUT2D eigenvalue weighted by Crippen LogP contribution is 2.19. The molecule has 0 radical (unpaired) electrons. The van der Waals surface area contributed by atoms with Gasteiger partial charge in [0.15, 0.2) is 5.82 Å². The van der Waals surface area contributed by atoms with E-state index in [1.807, 2.05) is 33.9 Å². The highest BCUT2D eigenvalue weighted by atomic mass is 16.1. The second kappa shape index (κ2) is 5.75. The number of aliphatic imine (C=N–C) groups is 1. The lowest BCUT2D eigenvalue weighted by Crippen LogP contribution is -2.19. The monoisotopic (exact) mass is 310 g/mol. The fourth-order valence-corrected chi connectivity index (χ4v) is 2.62. The van der Waals surface area contributed by atoms with Crippen LogP contribution >= 0.6 is 0 Å². The first kappa shape index (κ1) is 15.1. The summed E-state index contributed by atoms with van der Waals surface area (Å²) in [6.07, 6.45) is 3.18. The number of nitrogens with one attached hydrogen (secondary N) is 1. The third-order valence-corrected chi connectivity index (χ3v) is 3.73. The van der Waals surface area contributed by atoms with Crippen LogP contribution < -0.4 is 5.32 Å². The Labute approximate surface area is 134 Å². The van der Waals surface area contributed by atoms with Crippen LogP contribution in [-0.2, 0) is 11.8 Å². The fraction of sp³-hybridized carbons (Fsp3) is 0.312. The molecule has 2 aromatic heterocycles. The van der Waals surface area contributed by atoms with E-state index in [1.165, 1.54) is 0 Å². The molecule has 0 aliphatic carbocycles. The highest BCUT2D eigenvalue weighted by Gasteiger charge is 2.20. The average Bonchev–Trinajstić information content (AvgIpc) is 3.01. The summed E-state index contributed by atoms with van der Waals surface area (Å²) in [5.74, 6) is 0.220. The molecule has 1 amide bonds. The lowest BCUT2D eigenvalue weighted by molar-refractivity contribution is -0.112. The summed E-state index contributed by atoms with van der Waals surface area (Å²) in [5.41, 5.74) is 4.87. The van der Waals surface area contributed by atoms with Crippen LogP contribution in [0.25, 0.3) is 11.4 Å². The molecule has 0 unspecified atom stereocenters. The second-order valence-electron chi connectivity index (χ2n) is 5.59. The van der Waals surface area contributed by atoms with Crippen LogP contribution in [0.3, 0.4) is 0 Å². The van der Waals surface area contributed by atoms with E-state index in [4.69, 9.17) is 0 Å². The summed E-state index contributed by atoms with van der Waals surface area (Å²) in [6.45, 7) is 6.26. The minimum Gasteiger partial charge on any atom is -0.305 e. The molecule has 0 spiro atoms. The summed E-state index contributed by atoms with van der Waals surface area (Å²) in [7, 11) is 1.86. The van der Waals surface area contributed by atoms with Gasteiger partial charge in [0, 0.05) is 12.8 Å². The lowest BCUT2D eigenvalue weighted by Gasteiger charge is -2.07. The van der Waals surface area contributed by atoms with Crippen molar-refractivity contribution in [2.45, 2.75) is 20.8 Å². The van der Waals surface area contributed by atoms with Crippen molar-refractivity contribution in [2.24, 2.45) is 12.0 Å². The zero-order valence-electron chi connectivity index (χ0n) is 13.6. The Morgan fingerprint density at radius 2 is 2.00 bits per heavy atom. The molecule has 0 saturated heterocycles. The summed E-state index contributed by atoms with van der Waals surface area (Å²) < 4.78 is 1.75. The molecule has 1 N–H and O–H groups in total. The molecular formula is C16H18N6O. The van der Waals surface area contributed by atoms with Gasteiger partial charge in [-0.05, 0) is 32.4 Å². The van der Waals surface area contributed by atoms with Gasteiger partial charge in [-0.15, -0.1) is 0 Å². The van der Waals surface area contributed by atoms with Crippen molar-refractivity contribution in [3.05, 3.63) is 35.3 Å². The number of aromatic nitrogens is 4. The van der Waals surface area contributed by atoms with E-state index in [-0.39, 0.29) is 5.91 Å². The minimum absolute atomic E-state index is 0.195. The van der Waals surface area contributed by atoms with E-state index in [1.54, 1.807) is 17.1 Å². The predicted molar refractivity (Wildman–Crippen MR) is 88.3 cm³/mol. The van der Waals surface area contributed by atoms with Crippen molar-refractivity contribution < 1.29 is 4.79 Å². The normalized spacial score (nSPS) is 14.2. The first-order chi connectivity index (χ1) is 11.0. The predicted octanol–water partition coefficient (Wildman–Crippen LogP) is 1.92. The first-order valence-corrected chi connectivity index (χ1v) is 7.31. The van der Waals surface area contributed by atoms with Gasteiger partial charge in [0.25, 0.3) is 5.91 Å². The smallest absolute Gasteiger partial charge is 0.258 e. The van der Waals surface area contributed by atoms with Crippen molar-refractivity contribution in [2.75, 3.05) is 11.9 Å². The molecule has 7 nitrogen and oxygen atoms in total. The second-order valence-corrected chi connectivity index (χ2v) is 5.59. The molecule has 0 aromatic carbocycles. The quantitative estimate of drug-likeness (QED) is 0.938. The van der Waals surface area contributed by atoms with Crippen molar-refractivity contribution in [3.8, 4) is 11.4 Å². The molecule has 7 heteroatoms. The van der Waals surface area contributed by atoms with Gasteiger partial charge in [0.1, 0.15) is 5.69 Å². The van der Waals surface area contributed by atoms with Gasteiger partial charge in [-0.3, -0.25) is 14.5 Å². The molecule has 1 aliphatic rings. The molecule has 3 rings (SSSR count). The Morgan fingerprint density at radius 3 is 2.52 bits per heavy atom. The zero-order chi connectivity index (χ0) is 16.6. The number of carbonyl (C=O) groups is 1. The van der Waals surface area contributed by atoms with E-state index in [0.29, 0.717) is 23.6 Å². The number of nitrogens with zero attached hydrogens (tertiary/aromatic N) is 5. The van der Waals surface area contributed by atoms with Crippen LogP contribution in [0.15, 0.2) is 34.6 Å². The van der Waals surface area contributed by atoms with Crippen LogP contribution in [-0.4, -0.2) is 37.9 Å². The fourth-order valence-electron chi connectivity index (χ4n) is 2.62. The molecule has 118 valence electrons. The zero-order valence-corrected chi connectivity index (χ0v) is 13.6. The summed E-state index contributed by atoms with van der Waals surface area (Å²) in [6, 6.07) is 1.94. The van der Waals surface area contributed by atoms with Gasteiger partial charge in [0.05, 0.1) is 35.9 Å². The lowest BCUT2D eigenvalue weighted by atomic mass is 10.1. The highest BCUT2D eigenvalue weighted by molar-refractivity contribution is 6.26. The summed E-state index contributed by atoms with van der Waals surface area (Å²) >= 11 is 0. The third kappa shape index (κ3) is 2.90. The molecular weight excluding hydrogens is 292 g/mol. The van der Waals surface area contributed by atoms with Crippen molar-refractivity contribution in [1.82, 2.24) is 19.7 Å². The van der Waals surface area contributed by atoms with Crippen molar-refractivity contribution in [1.29, 1.82) is 0 Å². The number of rotatable bonds is 3. The minimum atomic E-state index is -0.195. The van der Waals surface area contributed by atoms with E-state index < -0.39 is 0 Å². The van der Waals surface area contributed by atoms with Gasteiger partial charge in [0.2, 0.25) is 0 Å². The van der Waals surface area contributed by atoms with Crippen molar-refractivity contribution >= 4 is 17.4 Å². The van der Waals surface area contributed by atoms with E-state index in [2.05, 4.69) is 25.4 Å². The first-order valence-electron chi connectivity index (χ1n) is 7.31. The number of amides is 1. The summed E-state index contributed by atoms with van der Waals surface area (Å²) in [4.78, 5) is 25.2. The molecule has 0 saturated carbocycles. The van der Waals surface area contributed by atoms with Gasteiger partial charge in [-0.25, -0.2) is 9.97 Å². The molecule has 0 atom stereocenters. The van der Waals surface area contributed by atoms with E-state index in [0.717, 1.165) is 22.7 Å². The standard InChI is InChI=1S/C16H18N6O/c1-9-6-17-11(3)15(9)16(23)20-14-8-18-12(7-19-14)13-5-10(2)21-22(13)4/h5,7-8H,6H2,1-4H3,(H,19,20,23). The van der Waals surface area contributed by atoms with Crippen LogP contribution in [0.4, 0.5) is 5.82 Å². The van der Waals surface area contributed by atoms with Crippen LogP contribution in [0.2, 0.25) is 0 Å². The Morgan fingerprint density at radius 1 is 1.22 bits per heavy atom. The Kier molecular flexibility index (Phi) is 3.77. The molecule has 3 heterocycles. The van der Waals surface area contributed by atoms with Crippen LogP contribution in [0, 0.1) is 6.92 Å². The average molecular weight is 310 g/mol. The number of carbonyl (C=O) groups excluding carboxylic acids is 1. The van der Waals surface area contributed by atoms with Gasteiger partial charge < -0.3 is 5.32 Å². The van der Waals surface area contributed by atoms with Crippen molar-refractivity contribution in [3.63, 3.8) is 0 Å². The number of anilines is 1. The summed E-state index contributed by atoms with van der Waals surface area (Å²) in [5, 5.41) is 7.06. The van der Waals surface area contributed by atoms with Gasteiger partial charge in [-0.2, -0.15) is 5.10 Å². The Bertz CT molecular complexity index is 829. The maximum absolute atomic E-state index is 12.3. The van der Waals surface area contributed by atoms with Crippen LogP contribution in [0.5, 0.6) is 0 Å². The van der Waals surface area contributed by atoms with Gasteiger partial charge in [-0.1, -0.05) is 0 Å². The topological polar surface area (TPSA) is 85.1 Å². The molecule has 0 fully saturated rings. The van der Waals surface area contributed by atoms with Gasteiger partial charge >= 0.3 is 0 Å². The van der Waals surface area contributed by atoms with E-state index >= 15 is 0 Å². The Balaban J connectivity index is 1.78. The SMILES string of the molecule is CC1=NCC(C)=C1C(=O)Nc1cnc(-c2cc(C)nn2C)cn1. The van der Waals surface area contributed by atoms with E-state index in [9.17, 15) is 4.79 Å². The maximum atomic E-state index is 12.3. The molecule has 0 bridgehead atoms. The molecule has 2 aromatic rings. The van der Waals surface area contributed by atoms with Crippen LogP contribution in [0.1, 0.15) is 19.5 Å². The largest absolute Gasteiger partial charge is 0.305 e. The molecule has 23 heavy (non-hydrogen) atoms. The maximum Gasteiger partial charge on any atom is 0.258 e. The third-order valence-electron chi connectivity index (χ3n) is 3.73. The number of aryl methyl sites for hydroxylation is 2. The number of hydrogen-bond donors (Lipinski definition) is 1.